The number of nitrogens with zero attached hydrogens (tertiary/aromatic N) is 5. The number of anilines is 1. The number of rotatable bonds is 8. The summed E-state index contributed by atoms with van der Waals surface area (Å²) in [7, 11) is -3.54. The molecule has 1 saturated heterocycles. The van der Waals surface area contributed by atoms with Crippen LogP contribution in [0.3, 0.4) is 0 Å². The Morgan fingerprint density at radius 1 is 0.969 bits per heavy atom. The zero-order valence-corrected chi connectivity index (χ0v) is 18.9. The summed E-state index contributed by atoms with van der Waals surface area (Å²) < 4.78 is 33.2. The molecule has 9 heteroatoms. The van der Waals surface area contributed by atoms with E-state index in [1.165, 1.54) is 4.31 Å². The van der Waals surface area contributed by atoms with E-state index in [-0.39, 0.29) is 4.90 Å². The van der Waals surface area contributed by atoms with Crippen LogP contribution in [0.2, 0.25) is 0 Å². The maximum absolute atomic E-state index is 13.0. The van der Waals surface area contributed by atoms with Gasteiger partial charge in [-0.25, -0.2) is 8.42 Å². The Morgan fingerprint density at radius 2 is 1.75 bits per heavy atom. The minimum atomic E-state index is -3.54. The predicted molar refractivity (Wildman–Crippen MR) is 123 cm³/mol. The van der Waals surface area contributed by atoms with Crippen LogP contribution >= 0.6 is 0 Å². The molecule has 3 aromatic rings. The van der Waals surface area contributed by atoms with Gasteiger partial charge in [0.15, 0.2) is 5.82 Å². The van der Waals surface area contributed by atoms with Crippen molar-refractivity contribution in [2.45, 2.75) is 24.7 Å². The van der Waals surface area contributed by atoms with Gasteiger partial charge >= 0.3 is 0 Å². The fourth-order valence-corrected chi connectivity index (χ4v) is 4.93. The fourth-order valence-electron chi connectivity index (χ4n) is 3.51. The molecular weight excluding hydrogens is 426 g/mol. The first-order valence-electron chi connectivity index (χ1n) is 10.8. The van der Waals surface area contributed by atoms with Crippen molar-refractivity contribution in [3.8, 4) is 17.0 Å². The Morgan fingerprint density at radius 3 is 2.38 bits per heavy atom. The van der Waals surface area contributed by atoms with Gasteiger partial charge in [-0.3, -0.25) is 4.98 Å². The highest BCUT2D eigenvalue weighted by Crippen LogP contribution is 2.23. The van der Waals surface area contributed by atoms with Crippen LogP contribution in [0.4, 0.5) is 5.82 Å². The Balaban J connectivity index is 1.36. The normalized spacial score (nSPS) is 15.0. The molecule has 0 N–H and O–H groups in total. The molecule has 1 aliphatic rings. The van der Waals surface area contributed by atoms with Gasteiger partial charge in [0.2, 0.25) is 10.0 Å². The first kappa shape index (κ1) is 22.2. The predicted octanol–water partition coefficient (Wildman–Crippen LogP) is 3.23. The lowest BCUT2D eigenvalue weighted by molar-refractivity contribution is 0.309. The summed E-state index contributed by atoms with van der Waals surface area (Å²) >= 11 is 0. The molecule has 4 rings (SSSR count). The monoisotopic (exact) mass is 453 g/mol. The number of benzene rings is 1. The first-order valence-corrected chi connectivity index (χ1v) is 12.2. The lowest BCUT2D eigenvalue weighted by Crippen LogP contribution is -2.48. The quantitative estimate of drug-likeness (QED) is 0.484. The van der Waals surface area contributed by atoms with Crippen LogP contribution in [0.1, 0.15) is 19.8 Å². The summed E-state index contributed by atoms with van der Waals surface area (Å²) in [5, 5.41) is 8.63. The maximum Gasteiger partial charge on any atom is 0.243 e. The number of hydrogen-bond acceptors (Lipinski definition) is 7. The maximum atomic E-state index is 13.0. The number of aromatic nitrogens is 3. The van der Waals surface area contributed by atoms with Crippen molar-refractivity contribution in [3.05, 3.63) is 60.9 Å². The third-order valence-electron chi connectivity index (χ3n) is 5.40. The molecule has 2 aromatic heterocycles. The van der Waals surface area contributed by atoms with Gasteiger partial charge in [-0.2, -0.15) is 4.31 Å². The SMILES string of the molecule is CCCCOc1ccc(S(=O)(=O)N2CCN(c3ccc(-c4cccnc4)nn3)CC2)cc1. The molecule has 1 aromatic carbocycles. The van der Waals surface area contributed by atoms with Gasteiger partial charge in [-0.15, -0.1) is 10.2 Å². The molecule has 0 spiro atoms. The molecule has 0 saturated carbocycles. The van der Waals surface area contributed by atoms with Crippen molar-refractivity contribution in [3.63, 3.8) is 0 Å². The van der Waals surface area contributed by atoms with Crippen molar-refractivity contribution in [1.29, 1.82) is 0 Å². The number of unbranched alkanes of at least 4 members (excludes halogenated alkanes) is 1. The molecule has 0 aliphatic carbocycles. The topological polar surface area (TPSA) is 88.5 Å². The van der Waals surface area contributed by atoms with E-state index in [0.717, 1.165) is 29.9 Å². The third-order valence-corrected chi connectivity index (χ3v) is 7.31. The van der Waals surface area contributed by atoms with E-state index in [0.29, 0.717) is 38.5 Å². The van der Waals surface area contributed by atoms with Crippen LogP contribution in [0, 0.1) is 0 Å². The Hall–Kier alpha value is -3.04. The van der Waals surface area contributed by atoms with Gasteiger partial charge in [0.1, 0.15) is 5.75 Å². The molecule has 168 valence electrons. The van der Waals surface area contributed by atoms with E-state index in [2.05, 4.69) is 27.0 Å². The van der Waals surface area contributed by atoms with E-state index >= 15 is 0 Å². The Kier molecular flexibility index (Phi) is 6.96. The molecule has 0 radical (unpaired) electrons. The molecule has 0 atom stereocenters. The molecule has 1 fully saturated rings. The second kappa shape index (κ2) is 10.1. The number of hydrogen-bond donors (Lipinski definition) is 0. The lowest BCUT2D eigenvalue weighted by atomic mass is 10.2. The number of ether oxygens (including phenoxy) is 1. The number of sulfonamides is 1. The summed E-state index contributed by atoms with van der Waals surface area (Å²) in [5.41, 5.74) is 1.66. The summed E-state index contributed by atoms with van der Waals surface area (Å²) in [6.07, 6.45) is 5.49. The van der Waals surface area contributed by atoms with Gasteiger partial charge < -0.3 is 9.64 Å². The summed E-state index contributed by atoms with van der Waals surface area (Å²) in [6.45, 7) is 4.63. The summed E-state index contributed by atoms with van der Waals surface area (Å²) in [4.78, 5) is 6.44. The van der Waals surface area contributed by atoms with Crippen LogP contribution in [0.15, 0.2) is 65.8 Å². The lowest BCUT2D eigenvalue weighted by Gasteiger charge is -2.34. The summed E-state index contributed by atoms with van der Waals surface area (Å²) in [5.74, 6) is 1.43. The van der Waals surface area contributed by atoms with Crippen LogP contribution in [0.25, 0.3) is 11.3 Å². The van der Waals surface area contributed by atoms with Gasteiger partial charge in [-0.05, 0) is 55.0 Å². The third kappa shape index (κ3) is 5.05. The highest BCUT2D eigenvalue weighted by Gasteiger charge is 2.29. The fraction of sp³-hybridized carbons (Fsp3) is 0.348. The zero-order chi connectivity index (χ0) is 22.4. The Bertz CT molecular complexity index is 1100. The van der Waals surface area contributed by atoms with Crippen LogP contribution in [-0.2, 0) is 10.0 Å². The van der Waals surface area contributed by atoms with Gasteiger partial charge in [-0.1, -0.05) is 13.3 Å². The average molecular weight is 454 g/mol. The second-order valence-corrected chi connectivity index (χ2v) is 9.52. The van der Waals surface area contributed by atoms with E-state index < -0.39 is 10.0 Å². The van der Waals surface area contributed by atoms with E-state index in [1.807, 2.05) is 24.3 Å². The van der Waals surface area contributed by atoms with Gasteiger partial charge in [0.05, 0.1) is 17.2 Å². The smallest absolute Gasteiger partial charge is 0.243 e. The van der Waals surface area contributed by atoms with Gasteiger partial charge in [0, 0.05) is 44.1 Å². The average Bonchev–Trinajstić information content (AvgIpc) is 2.85. The molecule has 1 aliphatic heterocycles. The highest BCUT2D eigenvalue weighted by atomic mass is 32.2. The number of piperazine rings is 1. The van der Waals surface area contributed by atoms with Gasteiger partial charge in [0.25, 0.3) is 0 Å². The second-order valence-electron chi connectivity index (χ2n) is 7.58. The van der Waals surface area contributed by atoms with E-state index in [1.54, 1.807) is 36.7 Å². The zero-order valence-electron chi connectivity index (χ0n) is 18.1. The molecular formula is C23H27N5O3S. The standard InChI is InChI=1S/C23H27N5O3S/c1-2-3-17-31-20-6-8-21(9-7-20)32(29,30)28-15-13-27(14-16-28)23-11-10-22(25-26-23)19-5-4-12-24-18-19/h4-12,18H,2-3,13-17H2,1H3. The minimum absolute atomic E-state index is 0.286. The summed E-state index contributed by atoms with van der Waals surface area (Å²) in [6, 6.07) is 14.3. The van der Waals surface area contributed by atoms with Crippen LogP contribution < -0.4 is 9.64 Å². The van der Waals surface area contributed by atoms with E-state index in [4.69, 9.17) is 4.74 Å². The Labute approximate surface area is 188 Å². The van der Waals surface area contributed by atoms with Crippen molar-refractivity contribution in [1.82, 2.24) is 19.5 Å². The molecule has 0 bridgehead atoms. The van der Waals surface area contributed by atoms with E-state index in [9.17, 15) is 8.42 Å². The number of pyridine rings is 1. The molecule has 3 heterocycles. The first-order chi connectivity index (χ1) is 15.6. The van der Waals surface area contributed by atoms with Crippen LogP contribution in [0.5, 0.6) is 5.75 Å². The van der Waals surface area contributed by atoms with Crippen molar-refractivity contribution in [2.75, 3.05) is 37.7 Å². The molecule has 8 nitrogen and oxygen atoms in total. The highest BCUT2D eigenvalue weighted by molar-refractivity contribution is 7.89. The molecule has 0 amide bonds. The van der Waals surface area contributed by atoms with Crippen molar-refractivity contribution >= 4 is 15.8 Å². The van der Waals surface area contributed by atoms with Crippen molar-refractivity contribution in [2.24, 2.45) is 0 Å². The van der Waals surface area contributed by atoms with Crippen LogP contribution in [-0.4, -0.2) is 60.7 Å². The van der Waals surface area contributed by atoms with Crippen molar-refractivity contribution < 1.29 is 13.2 Å². The molecule has 32 heavy (non-hydrogen) atoms. The molecule has 0 unspecified atom stereocenters. The minimum Gasteiger partial charge on any atom is -0.494 e. The largest absolute Gasteiger partial charge is 0.494 e.